The summed E-state index contributed by atoms with van der Waals surface area (Å²) in [7, 11) is 10.7. The molecule has 1 aliphatic heterocycles. The van der Waals surface area contributed by atoms with E-state index in [9.17, 15) is 0 Å². The summed E-state index contributed by atoms with van der Waals surface area (Å²) in [6, 6.07) is 58.9. The summed E-state index contributed by atoms with van der Waals surface area (Å²) in [5.74, 6) is 2.74. The van der Waals surface area contributed by atoms with Gasteiger partial charge in [0.25, 0.3) is 0 Å². The Balaban J connectivity index is 0.000000155. The molecule has 62 heavy (non-hydrogen) atoms. The molecule has 0 bridgehead atoms. The number of rotatable bonds is 10. The Bertz CT molecular complexity index is 2460. The van der Waals surface area contributed by atoms with Crippen molar-refractivity contribution in [1.82, 2.24) is 0 Å². The first-order valence-corrected chi connectivity index (χ1v) is 29.6. The summed E-state index contributed by atoms with van der Waals surface area (Å²) in [5, 5.41) is 8.37. The fourth-order valence-corrected chi connectivity index (χ4v) is 10.1. The van der Waals surface area contributed by atoms with Crippen LogP contribution in [0.15, 0.2) is 152 Å². The van der Waals surface area contributed by atoms with Crippen LogP contribution in [0, 0.1) is 29.7 Å². The smallest absolute Gasteiger partial charge is 0.0920 e. The minimum absolute atomic E-state index is 0.673. The average molecular weight is 948 g/mol. The quantitative estimate of drug-likeness (QED) is 0.0947. The van der Waals surface area contributed by atoms with E-state index in [0.29, 0.717) is 23.7 Å². The van der Waals surface area contributed by atoms with Crippen LogP contribution in [0.3, 0.4) is 0 Å². The van der Waals surface area contributed by atoms with Crippen LogP contribution in [0.1, 0.15) is 77.6 Å². The van der Waals surface area contributed by atoms with Crippen molar-refractivity contribution >= 4 is 58.5 Å². The predicted molar refractivity (Wildman–Crippen MR) is 272 cm³/mol. The van der Waals surface area contributed by atoms with Crippen LogP contribution >= 0.6 is 17.0 Å². The molecule has 0 aromatic heterocycles. The van der Waals surface area contributed by atoms with Crippen LogP contribution in [0.4, 0.5) is 0 Å². The third-order valence-electron chi connectivity index (χ3n) is 11.1. The Morgan fingerprint density at radius 2 is 0.871 bits per heavy atom. The van der Waals surface area contributed by atoms with Gasteiger partial charge in [0.1, 0.15) is 0 Å². The summed E-state index contributed by atoms with van der Waals surface area (Å²) in [4.78, 5) is 0. The maximum Gasteiger partial charge on any atom is 0.0920 e. The van der Waals surface area contributed by atoms with Crippen molar-refractivity contribution in [3.05, 3.63) is 180 Å². The molecule has 0 unspecified atom stereocenters. The van der Waals surface area contributed by atoms with E-state index in [1.165, 1.54) is 87.6 Å². The molecule has 0 saturated carbocycles. The van der Waals surface area contributed by atoms with Crippen LogP contribution in [0.25, 0.3) is 54.9 Å². The number of halogens is 2. The van der Waals surface area contributed by atoms with Crippen molar-refractivity contribution in [3.63, 3.8) is 0 Å². The summed E-state index contributed by atoms with van der Waals surface area (Å²) in [5.41, 5.74) is 14.2. The molecule has 0 saturated heterocycles. The molecule has 8 aromatic carbocycles. The Morgan fingerprint density at radius 1 is 0.468 bits per heavy atom. The third kappa shape index (κ3) is 12.7. The minimum Gasteiger partial charge on any atom is -0.184 e. The van der Waals surface area contributed by atoms with Crippen LogP contribution in [-0.2, 0) is 46.5 Å². The first-order valence-electron chi connectivity index (χ1n) is 22.3. The summed E-state index contributed by atoms with van der Waals surface area (Å²) >= 11 is -0.826. The number of hydrogen-bond donors (Lipinski definition) is 0. The standard InChI is InChI=1S/2C23H27.C12H7Si.2ClH.Zr/c2*1-16(2)12-18-14-20-9-7-11-22(23(20)15-18)21-10-6-5-8-19(21)13-17(3)4;1-3-7-11-9(5-1)10-6-2-4-8-12(10)13-11;;;/h2*5-11,14-17H,12-13H2,1-4H3;1-7H;2*1H;/q3*-1;;;+2/p-2. The van der Waals surface area contributed by atoms with Crippen LogP contribution in [0.2, 0.25) is 0 Å². The monoisotopic (exact) mass is 945 g/mol. The van der Waals surface area contributed by atoms with Crippen molar-refractivity contribution < 1.29 is 20.8 Å². The minimum atomic E-state index is -0.826. The van der Waals surface area contributed by atoms with Crippen molar-refractivity contribution in [2.45, 2.75) is 81.1 Å². The van der Waals surface area contributed by atoms with Crippen molar-refractivity contribution in [1.29, 1.82) is 0 Å². The third-order valence-corrected chi connectivity index (χ3v) is 12.5. The maximum absolute atomic E-state index is 4.93. The van der Waals surface area contributed by atoms with Gasteiger partial charge in [0.05, 0.1) is 9.52 Å². The molecule has 318 valence electrons. The van der Waals surface area contributed by atoms with Gasteiger partial charge in [0.15, 0.2) is 0 Å². The van der Waals surface area contributed by atoms with Crippen molar-refractivity contribution in [2.75, 3.05) is 0 Å². The van der Waals surface area contributed by atoms with Gasteiger partial charge in [-0.1, -0.05) is 162 Å². The molecule has 1 heterocycles. The van der Waals surface area contributed by atoms with Gasteiger partial charge in [-0.15, -0.1) is 74.6 Å². The molecule has 8 aromatic rings. The molecule has 4 heteroatoms. The molecule has 0 fully saturated rings. The van der Waals surface area contributed by atoms with Crippen LogP contribution < -0.4 is 10.4 Å². The summed E-state index contributed by atoms with van der Waals surface area (Å²) < 4.78 is 0. The number of fused-ring (bicyclic) bond motifs is 5. The van der Waals surface area contributed by atoms with E-state index in [-0.39, 0.29) is 0 Å². The Hall–Kier alpha value is -3.78. The zero-order valence-electron chi connectivity index (χ0n) is 37.8. The second-order valence-electron chi connectivity index (χ2n) is 18.3. The molecule has 0 spiro atoms. The molecule has 0 amide bonds. The normalized spacial score (nSPS) is 11.5. The second kappa shape index (κ2) is 23.2. The Kier molecular flexibility index (Phi) is 17.9. The van der Waals surface area contributed by atoms with Crippen molar-refractivity contribution in [3.8, 4) is 33.4 Å². The largest absolute Gasteiger partial charge is 0.184 e. The van der Waals surface area contributed by atoms with E-state index in [1.54, 1.807) is 0 Å². The van der Waals surface area contributed by atoms with E-state index in [4.69, 9.17) is 17.0 Å². The van der Waals surface area contributed by atoms with E-state index < -0.39 is 20.8 Å². The Labute approximate surface area is 394 Å². The van der Waals surface area contributed by atoms with E-state index in [2.05, 4.69) is 207 Å². The first-order chi connectivity index (χ1) is 29.9. The van der Waals surface area contributed by atoms with Gasteiger partial charge in [0, 0.05) is 0 Å². The molecule has 0 nitrogen and oxygen atoms in total. The zero-order chi connectivity index (χ0) is 44.2. The molecule has 9 rings (SSSR count). The summed E-state index contributed by atoms with van der Waals surface area (Å²) in [6.45, 7) is 18.3. The predicted octanol–water partition coefficient (Wildman–Crippen LogP) is 15.7. The van der Waals surface area contributed by atoms with E-state index in [0.717, 1.165) is 35.2 Å². The van der Waals surface area contributed by atoms with Crippen LogP contribution in [0.5, 0.6) is 0 Å². The fraction of sp³-hybridized carbons (Fsp3) is 0.276. The molecule has 0 N–H and O–H groups in total. The van der Waals surface area contributed by atoms with Gasteiger partial charge in [-0.2, -0.15) is 41.6 Å². The SMILES string of the molecule is CC(C)Cc1cc2c(-c3ccccc3CC(C)C)cccc2[cH-]1.CC(C)Cc1cc2c(-c3ccccc3CC(C)C)cccc2[cH-]1.[Cl][Zr][Cl].[c-]1cccc2c1[Si]c1ccccc1-2. The molecular weight excluding hydrogens is 887 g/mol. The molecule has 1 aliphatic rings. The maximum atomic E-state index is 4.93. The van der Waals surface area contributed by atoms with Gasteiger partial charge in [-0.25, -0.2) is 0 Å². The fourth-order valence-electron chi connectivity index (χ4n) is 8.77. The topological polar surface area (TPSA) is 0 Å². The summed E-state index contributed by atoms with van der Waals surface area (Å²) in [6.07, 6.45) is 4.57. The number of benzene rings is 6. The number of hydrogen-bond acceptors (Lipinski definition) is 0. The molecule has 2 radical (unpaired) electrons. The van der Waals surface area contributed by atoms with Crippen molar-refractivity contribution in [2.24, 2.45) is 23.7 Å². The van der Waals surface area contributed by atoms with E-state index >= 15 is 0 Å². The zero-order valence-corrected chi connectivity index (χ0v) is 42.8. The van der Waals surface area contributed by atoms with Crippen LogP contribution in [-0.4, -0.2) is 9.52 Å². The molecular formula is C58H61Cl2SiZr-3. The van der Waals surface area contributed by atoms with Gasteiger partial charge >= 0.3 is 37.9 Å². The van der Waals surface area contributed by atoms with Gasteiger partial charge < -0.3 is 0 Å². The second-order valence-corrected chi connectivity index (χ2v) is 23.3. The molecule has 0 aliphatic carbocycles. The van der Waals surface area contributed by atoms with Gasteiger partial charge in [-0.3, -0.25) is 0 Å². The Morgan fingerprint density at radius 3 is 1.34 bits per heavy atom. The van der Waals surface area contributed by atoms with Gasteiger partial charge in [-0.05, 0) is 71.6 Å². The average Bonchev–Trinajstić information content (AvgIpc) is 3.96. The molecule has 0 atom stereocenters. The first kappa shape index (κ1) is 47.7. The van der Waals surface area contributed by atoms with Gasteiger partial charge in [0.2, 0.25) is 0 Å². The van der Waals surface area contributed by atoms with E-state index in [1.807, 2.05) is 6.07 Å².